The van der Waals surface area contributed by atoms with Crippen LogP contribution in [0.5, 0.6) is 0 Å². The van der Waals surface area contributed by atoms with Gasteiger partial charge in [0, 0.05) is 0 Å². The number of nitrogens with one attached hydrogen (secondary N) is 1. The van der Waals surface area contributed by atoms with Crippen molar-refractivity contribution in [1.82, 2.24) is 0 Å². The predicted octanol–water partition coefficient (Wildman–Crippen LogP) is -4.04. The largest absolute Gasteiger partial charge is 1.00 e. The molecule has 0 aromatic heterocycles. The van der Waals surface area contributed by atoms with E-state index in [1.807, 2.05) is 0 Å². The Morgan fingerprint density at radius 1 is 1.75 bits per heavy atom. The molecule has 0 aliphatic carbocycles. The molecule has 1 N–H and O–H groups in total. The van der Waals surface area contributed by atoms with Gasteiger partial charge in [-0.3, -0.25) is 0 Å². The van der Waals surface area contributed by atoms with Crippen molar-refractivity contribution in [2.45, 2.75) is 0 Å². The van der Waals surface area contributed by atoms with Gasteiger partial charge in [-0.1, -0.05) is 6.40 Å². The van der Waals surface area contributed by atoms with Crippen LogP contribution in [0.3, 0.4) is 0 Å². The van der Waals surface area contributed by atoms with Gasteiger partial charge in [-0.05, 0) is 0 Å². The molecule has 0 amide bonds. The van der Waals surface area contributed by atoms with E-state index in [9.17, 15) is 0 Å². The Labute approximate surface area is 46.6 Å². The molecule has 0 atom stereocenters. The van der Waals surface area contributed by atoms with Gasteiger partial charge in [0.1, 0.15) is 0 Å². The molecule has 0 spiro atoms. The van der Waals surface area contributed by atoms with Crippen molar-refractivity contribution in [3.8, 4) is 0 Å². The van der Waals surface area contributed by atoms with Crippen molar-refractivity contribution >= 4 is 6.40 Å². The molecule has 0 aromatic rings. The van der Waals surface area contributed by atoms with E-state index in [1.165, 1.54) is 0 Å². The molecule has 0 fully saturated rings. The van der Waals surface area contributed by atoms with Crippen LogP contribution in [-0.2, 0) is 0 Å². The Morgan fingerprint density at radius 3 is 1.75 bits per heavy atom. The Morgan fingerprint density at radius 2 is 1.75 bits per heavy atom. The van der Waals surface area contributed by atoms with Crippen LogP contribution in [0, 0.1) is 5.41 Å². The summed E-state index contributed by atoms with van der Waals surface area (Å²) in [5.74, 6) is 0. The zero-order chi connectivity index (χ0) is 2.71. The number of hydrogen-bond donors (Lipinski definition) is 1. The molecular formula is CH2NNaO. The fourth-order valence-corrected chi connectivity index (χ4v) is 0. The first-order valence-corrected chi connectivity index (χ1v) is 0.524. The summed E-state index contributed by atoms with van der Waals surface area (Å²) in [6, 6.07) is 0. The molecule has 0 rings (SSSR count). The van der Waals surface area contributed by atoms with Gasteiger partial charge < -0.3 is 10.5 Å². The van der Waals surface area contributed by atoms with Crippen molar-refractivity contribution in [2.75, 3.05) is 0 Å². The molecule has 0 aliphatic rings. The summed E-state index contributed by atoms with van der Waals surface area (Å²) >= 11 is 0. The molecule has 0 aliphatic heterocycles. The minimum Gasteiger partial charge on any atom is -0.865 e. The summed E-state index contributed by atoms with van der Waals surface area (Å²) < 4.78 is 0. The van der Waals surface area contributed by atoms with E-state index < -0.39 is 0 Å². The van der Waals surface area contributed by atoms with Gasteiger partial charge in [-0.2, -0.15) is 0 Å². The van der Waals surface area contributed by atoms with Crippen LogP contribution in [0.25, 0.3) is 0 Å². The maximum Gasteiger partial charge on any atom is 1.00 e. The third-order valence-electron chi connectivity index (χ3n) is 0. The first-order chi connectivity index (χ1) is 1.41. The van der Waals surface area contributed by atoms with Crippen LogP contribution in [0.4, 0.5) is 0 Å². The van der Waals surface area contributed by atoms with Gasteiger partial charge in [0.25, 0.3) is 0 Å². The second-order valence-electron chi connectivity index (χ2n) is 0.118. The summed E-state index contributed by atoms with van der Waals surface area (Å²) in [4.78, 5) is 0. The van der Waals surface area contributed by atoms with Gasteiger partial charge in [-0.15, -0.1) is 0 Å². The van der Waals surface area contributed by atoms with Crippen LogP contribution in [0.15, 0.2) is 0 Å². The van der Waals surface area contributed by atoms with E-state index in [1.54, 1.807) is 0 Å². The van der Waals surface area contributed by atoms with Gasteiger partial charge >= 0.3 is 29.6 Å². The van der Waals surface area contributed by atoms with Crippen molar-refractivity contribution in [3.05, 3.63) is 0 Å². The predicted molar refractivity (Wildman–Crippen MR) is 8.78 cm³/mol. The van der Waals surface area contributed by atoms with Crippen LogP contribution in [0.1, 0.15) is 0 Å². The monoisotopic (exact) mass is 67.0 g/mol. The van der Waals surface area contributed by atoms with E-state index in [-0.39, 0.29) is 36.0 Å². The first kappa shape index (κ1) is 8.82. The number of rotatable bonds is 0. The minimum absolute atomic E-state index is 0. The average Bonchev–Trinajstić information content (AvgIpc) is 0.918. The smallest absolute Gasteiger partial charge is 0.865 e. The Bertz CT molecular complexity index is 15.5. The van der Waals surface area contributed by atoms with Crippen LogP contribution >= 0.6 is 0 Å². The molecule has 0 radical (unpaired) electrons. The Hall–Kier alpha value is 0.470. The normalized spacial score (nSPS) is 3.00. The van der Waals surface area contributed by atoms with Crippen LogP contribution in [-0.4, -0.2) is 6.40 Å². The molecule has 0 heterocycles. The quantitative estimate of drug-likeness (QED) is 0.175. The second kappa shape index (κ2) is 9.80. The van der Waals surface area contributed by atoms with E-state index in [0.717, 1.165) is 0 Å². The maximum absolute atomic E-state index is 8.47. The average molecular weight is 67.0 g/mol. The van der Waals surface area contributed by atoms with Gasteiger partial charge in [0.15, 0.2) is 0 Å². The van der Waals surface area contributed by atoms with Gasteiger partial charge in [0.05, 0.1) is 0 Å². The van der Waals surface area contributed by atoms with Crippen LogP contribution < -0.4 is 34.7 Å². The molecule has 0 saturated heterocycles. The molecule has 0 aromatic carbocycles. The first-order valence-electron chi connectivity index (χ1n) is 0.524. The van der Waals surface area contributed by atoms with Crippen molar-refractivity contribution < 1.29 is 34.7 Å². The fourth-order valence-electron chi connectivity index (χ4n) is 0. The summed E-state index contributed by atoms with van der Waals surface area (Å²) in [5.41, 5.74) is 0. The standard InChI is InChI=1S/CH3NO.Na/c2-1-3;/h1H,(H2,2,3);/q;+1/p-1. The molecule has 4 heavy (non-hydrogen) atoms. The third-order valence-corrected chi connectivity index (χ3v) is 0. The SMILES string of the molecule is N=C[O-].[Na+]. The molecule has 3 heteroatoms. The second-order valence-corrected chi connectivity index (χ2v) is 0.118. The topological polar surface area (TPSA) is 46.9 Å². The summed E-state index contributed by atoms with van der Waals surface area (Å²) in [6.45, 7) is 0. The minimum atomic E-state index is 0. The van der Waals surface area contributed by atoms with E-state index >= 15 is 0 Å². The Balaban J connectivity index is 0. The fraction of sp³-hybridized carbons (Fsp3) is 0. The Kier molecular flexibility index (Phi) is 21.6. The molecular weight excluding hydrogens is 65.0 g/mol. The van der Waals surface area contributed by atoms with Gasteiger partial charge in [0.2, 0.25) is 0 Å². The van der Waals surface area contributed by atoms with Crippen molar-refractivity contribution in [1.29, 1.82) is 5.41 Å². The molecule has 0 saturated carbocycles. The zero-order valence-electron chi connectivity index (χ0n) is 2.49. The van der Waals surface area contributed by atoms with Crippen LogP contribution in [0.2, 0.25) is 0 Å². The van der Waals surface area contributed by atoms with E-state index in [0.29, 0.717) is 0 Å². The zero-order valence-corrected chi connectivity index (χ0v) is 4.49. The van der Waals surface area contributed by atoms with Gasteiger partial charge in [-0.25, -0.2) is 0 Å². The summed E-state index contributed by atoms with van der Waals surface area (Å²) in [5, 5.41) is 14.0. The molecule has 0 unspecified atom stereocenters. The molecule has 2 nitrogen and oxygen atoms in total. The molecule has 0 bridgehead atoms. The summed E-state index contributed by atoms with van der Waals surface area (Å²) in [7, 11) is 0. The van der Waals surface area contributed by atoms with Crippen molar-refractivity contribution in [3.63, 3.8) is 0 Å². The van der Waals surface area contributed by atoms with E-state index in [4.69, 9.17) is 10.5 Å². The maximum atomic E-state index is 8.47. The van der Waals surface area contributed by atoms with Crippen molar-refractivity contribution in [2.24, 2.45) is 0 Å². The number of hydrogen-bond acceptors (Lipinski definition) is 2. The van der Waals surface area contributed by atoms with E-state index in [2.05, 4.69) is 0 Å². The summed E-state index contributed by atoms with van der Waals surface area (Å²) in [6.07, 6.45) is 0. The molecule has 18 valence electrons. The third kappa shape index (κ3) is 24.2.